The fourth-order valence-electron chi connectivity index (χ4n) is 2.51. The van der Waals surface area contributed by atoms with Gasteiger partial charge in [0.1, 0.15) is 5.75 Å². The molecular formula is C15H23N3O3. The first-order chi connectivity index (χ1) is 9.97. The summed E-state index contributed by atoms with van der Waals surface area (Å²) in [5.74, 6) is 0.895. The second kappa shape index (κ2) is 6.32. The maximum Gasteiger partial charge on any atom is 0.170 e. The molecule has 21 heavy (non-hydrogen) atoms. The number of methoxy groups -OCH3 is 1. The number of ether oxygens (including phenoxy) is 2. The smallest absolute Gasteiger partial charge is 0.170 e. The molecule has 1 aliphatic rings. The Morgan fingerprint density at radius 1 is 1.52 bits per heavy atom. The van der Waals surface area contributed by atoms with E-state index in [9.17, 15) is 0 Å². The summed E-state index contributed by atoms with van der Waals surface area (Å²) in [6.07, 6.45) is 0. The molecule has 0 aliphatic carbocycles. The number of hydrogen-bond acceptors (Lipinski definition) is 5. The summed E-state index contributed by atoms with van der Waals surface area (Å²) in [5.41, 5.74) is 7.33. The molecule has 1 aromatic rings. The first-order valence-corrected chi connectivity index (χ1v) is 6.95. The first kappa shape index (κ1) is 15.6. The van der Waals surface area contributed by atoms with E-state index in [1.54, 1.807) is 13.2 Å². The van der Waals surface area contributed by atoms with Crippen LogP contribution in [-0.2, 0) is 11.3 Å². The molecule has 0 amide bonds. The summed E-state index contributed by atoms with van der Waals surface area (Å²) in [4.78, 5) is 2.35. The number of benzene rings is 1. The molecule has 0 aromatic heterocycles. The van der Waals surface area contributed by atoms with Crippen molar-refractivity contribution >= 4 is 5.84 Å². The summed E-state index contributed by atoms with van der Waals surface area (Å²) in [6.45, 7) is 7.34. The highest BCUT2D eigenvalue weighted by molar-refractivity contribution is 5.97. The zero-order chi connectivity index (χ0) is 15.5. The third-order valence-corrected chi connectivity index (χ3v) is 3.86. The zero-order valence-electron chi connectivity index (χ0n) is 12.8. The predicted octanol–water partition coefficient (Wildman–Crippen LogP) is 1.40. The van der Waals surface area contributed by atoms with Gasteiger partial charge in [-0.25, -0.2) is 0 Å². The van der Waals surface area contributed by atoms with Gasteiger partial charge in [-0.2, -0.15) is 0 Å². The Morgan fingerprint density at radius 3 is 2.90 bits per heavy atom. The molecule has 6 nitrogen and oxygen atoms in total. The number of oxime groups is 1. The number of hydrogen-bond donors (Lipinski definition) is 2. The van der Waals surface area contributed by atoms with E-state index in [2.05, 4.69) is 23.9 Å². The Balaban J connectivity index is 2.29. The average molecular weight is 293 g/mol. The highest BCUT2D eigenvalue weighted by atomic mass is 16.5. The summed E-state index contributed by atoms with van der Waals surface area (Å²) in [6, 6.07) is 5.53. The normalized spacial score (nSPS) is 19.5. The summed E-state index contributed by atoms with van der Waals surface area (Å²) in [5, 5.41) is 11.9. The molecule has 0 unspecified atom stereocenters. The number of nitrogens with zero attached hydrogens (tertiary/aromatic N) is 2. The molecule has 2 rings (SSSR count). The average Bonchev–Trinajstić information content (AvgIpc) is 2.48. The molecule has 3 N–H and O–H groups in total. The quantitative estimate of drug-likeness (QED) is 0.380. The molecule has 1 aliphatic heterocycles. The number of amidine groups is 1. The van der Waals surface area contributed by atoms with E-state index in [1.165, 1.54) is 0 Å². The van der Waals surface area contributed by atoms with Crippen molar-refractivity contribution in [3.8, 4) is 5.75 Å². The Morgan fingerprint density at radius 2 is 2.29 bits per heavy atom. The molecule has 0 spiro atoms. The van der Waals surface area contributed by atoms with Crippen molar-refractivity contribution in [2.75, 3.05) is 26.9 Å². The molecule has 1 fully saturated rings. The van der Waals surface area contributed by atoms with Crippen LogP contribution in [0.4, 0.5) is 0 Å². The molecule has 0 saturated carbocycles. The molecular weight excluding hydrogens is 270 g/mol. The van der Waals surface area contributed by atoms with Crippen LogP contribution in [0.2, 0.25) is 0 Å². The highest BCUT2D eigenvalue weighted by Gasteiger charge is 2.31. The fraction of sp³-hybridized carbons (Fsp3) is 0.533. The predicted molar refractivity (Wildman–Crippen MR) is 80.8 cm³/mol. The second-order valence-electron chi connectivity index (χ2n) is 5.80. The standard InChI is InChI=1S/C15H23N3O3/c1-15(2)10-21-7-6-18(15)9-12-8-11(14(16)17-19)4-5-13(12)20-3/h4-5,8,19H,6-7,9-10H2,1-3H3,(H2,16,17). The Hall–Kier alpha value is -1.79. The van der Waals surface area contributed by atoms with E-state index in [0.29, 0.717) is 12.2 Å². The molecule has 0 atom stereocenters. The van der Waals surface area contributed by atoms with Gasteiger partial charge >= 0.3 is 0 Å². The Kier molecular flexibility index (Phi) is 4.69. The molecule has 0 bridgehead atoms. The van der Waals surface area contributed by atoms with Crippen LogP contribution in [0.5, 0.6) is 5.75 Å². The van der Waals surface area contributed by atoms with Crippen LogP contribution in [0.25, 0.3) is 0 Å². The monoisotopic (exact) mass is 293 g/mol. The SMILES string of the molecule is COc1ccc(/C(N)=N/O)cc1CN1CCOCC1(C)C. The summed E-state index contributed by atoms with van der Waals surface area (Å²) >= 11 is 0. The van der Waals surface area contributed by atoms with Crippen molar-refractivity contribution in [1.29, 1.82) is 0 Å². The molecule has 0 radical (unpaired) electrons. The zero-order valence-corrected chi connectivity index (χ0v) is 12.8. The van der Waals surface area contributed by atoms with E-state index in [-0.39, 0.29) is 11.4 Å². The van der Waals surface area contributed by atoms with Gasteiger partial charge in [-0.15, -0.1) is 0 Å². The van der Waals surface area contributed by atoms with Gasteiger partial charge in [-0.1, -0.05) is 5.16 Å². The fourth-order valence-corrected chi connectivity index (χ4v) is 2.51. The van der Waals surface area contributed by atoms with Crippen molar-refractivity contribution in [2.24, 2.45) is 10.9 Å². The lowest BCUT2D eigenvalue weighted by Gasteiger charge is -2.42. The van der Waals surface area contributed by atoms with E-state index in [0.717, 1.165) is 31.0 Å². The minimum absolute atomic E-state index is 0.0319. The van der Waals surface area contributed by atoms with Crippen molar-refractivity contribution < 1.29 is 14.7 Å². The van der Waals surface area contributed by atoms with Gasteiger partial charge in [0.05, 0.1) is 20.3 Å². The van der Waals surface area contributed by atoms with Gasteiger partial charge in [-0.3, -0.25) is 4.90 Å². The Bertz CT molecular complexity index is 529. The van der Waals surface area contributed by atoms with E-state index in [1.807, 2.05) is 12.1 Å². The summed E-state index contributed by atoms with van der Waals surface area (Å²) in [7, 11) is 1.65. The Labute approximate surface area is 125 Å². The highest BCUT2D eigenvalue weighted by Crippen LogP contribution is 2.27. The molecule has 1 heterocycles. The topological polar surface area (TPSA) is 80.3 Å². The first-order valence-electron chi connectivity index (χ1n) is 6.95. The molecule has 116 valence electrons. The van der Waals surface area contributed by atoms with Crippen LogP contribution in [0.3, 0.4) is 0 Å². The summed E-state index contributed by atoms with van der Waals surface area (Å²) < 4.78 is 11.0. The lowest BCUT2D eigenvalue weighted by atomic mass is 10.0. The lowest BCUT2D eigenvalue weighted by Crippen LogP contribution is -2.52. The van der Waals surface area contributed by atoms with E-state index < -0.39 is 0 Å². The van der Waals surface area contributed by atoms with Gasteiger partial charge in [0.2, 0.25) is 0 Å². The van der Waals surface area contributed by atoms with Crippen LogP contribution in [-0.4, -0.2) is 48.4 Å². The molecule has 1 aromatic carbocycles. The van der Waals surface area contributed by atoms with Crippen LogP contribution >= 0.6 is 0 Å². The van der Waals surface area contributed by atoms with Crippen LogP contribution in [0.15, 0.2) is 23.4 Å². The van der Waals surface area contributed by atoms with E-state index >= 15 is 0 Å². The maximum absolute atomic E-state index is 8.81. The molecule has 1 saturated heterocycles. The van der Waals surface area contributed by atoms with Crippen LogP contribution < -0.4 is 10.5 Å². The van der Waals surface area contributed by atoms with Gasteiger partial charge in [0.15, 0.2) is 5.84 Å². The minimum Gasteiger partial charge on any atom is -0.496 e. The van der Waals surface area contributed by atoms with Crippen LogP contribution in [0, 0.1) is 0 Å². The molecule has 6 heteroatoms. The van der Waals surface area contributed by atoms with Gasteiger partial charge in [0, 0.05) is 29.8 Å². The van der Waals surface area contributed by atoms with Gasteiger partial charge < -0.3 is 20.4 Å². The van der Waals surface area contributed by atoms with Crippen LogP contribution in [0.1, 0.15) is 25.0 Å². The number of nitrogens with two attached hydrogens (primary N) is 1. The third-order valence-electron chi connectivity index (χ3n) is 3.86. The number of rotatable bonds is 4. The van der Waals surface area contributed by atoms with Gasteiger partial charge in [0.25, 0.3) is 0 Å². The third kappa shape index (κ3) is 3.46. The number of morpholine rings is 1. The van der Waals surface area contributed by atoms with Crippen molar-refractivity contribution in [1.82, 2.24) is 4.90 Å². The van der Waals surface area contributed by atoms with Crippen molar-refractivity contribution in [3.63, 3.8) is 0 Å². The second-order valence-corrected chi connectivity index (χ2v) is 5.80. The van der Waals surface area contributed by atoms with E-state index in [4.69, 9.17) is 20.4 Å². The van der Waals surface area contributed by atoms with Gasteiger partial charge in [-0.05, 0) is 32.0 Å². The minimum atomic E-state index is -0.0319. The van der Waals surface area contributed by atoms with Crippen molar-refractivity contribution in [2.45, 2.75) is 25.9 Å². The largest absolute Gasteiger partial charge is 0.496 e. The maximum atomic E-state index is 8.81. The van der Waals surface area contributed by atoms with Crippen molar-refractivity contribution in [3.05, 3.63) is 29.3 Å². The lowest BCUT2D eigenvalue weighted by molar-refractivity contribution is -0.0554.